The Morgan fingerprint density at radius 3 is 2.76 bits per heavy atom. The highest BCUT2D eigenvalue weighted by Gasteiger charge is 2.37. The van der Waals surface area contributed by atoms with Crippen molar-refractivity contribution in [2.24, 2.45) is 0 Å². The predicted molar refractivity (Wildman–Crippen MR) is 64.1 cm³/mol. The van der Waals surface area contributed by atoms with E-state index in [0.29, 0.717) is 25.3 Å². The molecule has 0 amide bonds. The third-order valence-corrected chi connectivity index (χ3v) is 3.85. The van der Waals surface area contributed by atoms with Crippen LogP contribution >= 0.6 is 0 Å². The SMILES string of the molecule is CC(C)N1CCC(N2CCOCC2C(=O)O)C1. The van der Waals surface area contributed by atoms with Gasteiger partial charge in [0.25, 0.3) is 0 Å². The van der Waals surface area contributed by atoms with Crippen molar-refractivity contribution in [1.82, 2.24) is 9.80 Å². The molecule has 0 saturated carbocycles. The Morgan fingerprint density at radius 1 is 1.41 bits per heavy atom. The molecule has 0 aromatic rings. The number of morpholine rings is 1. The smallest absolute Gasteiger partial charge is 0.323 e. The second-order valence-corrected chi connectivity index (χ2v) is 5.20. The summed E-state index contributed by atoms with van der Waals surface area (Å²) in [6, 6.07) is 0.465. The third kappa shape index (κ3) is 2.78. The number of carboxylic acid groups (broad SMARTS) is 1. The van der Waals surface area contributed by atoms with Crippen molar-refractivity contribution < 1.29 is 14.6 Å². The van der Waals surface area contributed by atoms with E-state index in [2.05, 4.69) is 23.6 Å². The lowest BCUT2D eigenvalue weighted by atomic mass is 10.1. The Morgan fingerprint density at radius 2 is 2.18 bits per heavy atom. The van der Waals surface area contributed by atoms with Crippen molar-refractivity contribution in [3.63, 3.8) is 0 Å². The Bertz CT molecular complexity index is 283. The van der Waals surface area contributed by atoms with E-state index in [1.807, 2.05) is 0 Å². The fraction of sp³-hybridized carbons (Fsp3) is 0.917. The molecular formula is C12H22N2O3. The number of hydrogen-bond acceptors (Lipinski definition) is 4. The summed E-state index contributed by atoms with van der Waals surface area (Å²) in [5, 5.41) is 9.21. The second kappa shape index (κ2) is 5.33. The minimum atomic E-state index is -0.757. The number of rotatable bonds is 3. The van der Waals surface area contributed by atoms with Gasteiger partial charge in [0.05, 0.1) is 13.2 Å². The molecular weight excluding hydrogens is 220 g/mol. The molecule has 17 heavy (non-hydrogen) atoms. The van der Waals surface area contributed by atoms with Crippen molar-refractivity contribution in [3.05, 3.63) is 0 Å². The first-order valence-corrected chi connectivity index (χ1v) is 6.40. The van der Waals surface area contributed by atoms with Crippen LogP contribution in [0.2, 0.25) is 0 Å². The molecule has 2 fully saturated rings. The van der Waals surface area contributed by atoms with Crippen LogP contribution in [0.15, 0.2) is 0 Å². The van der Waals surface area contributed by atoms with Gasteiger partial charge in [-0.2, -0.15) is 0 Å². The quantitative estimate of drug-likeness (QED) is 0.769. The molecule has 2 rings (SSSR count). The maximum Gasteiger partial charge on any atom is 0.323 e. The van der Waals surface area contributed by atoms with E-state index < -0.39 is 12.0 Å². The molecule has 0 bridgehead atoms. The molecule has 0 aliphatic carbocycles. The maximum atomic E-state index is 11.2. The zero-order chi connectivity index (χ0) is 12.4. The Hall–Kier alpha value is -0.650. The number of hydrogen-bond donors (Lipinski definition) is 1. The molecule has 2 atom stereocenters. The van der Waals surface area contributed by atoms with E-state index in [0.717, 1.165) is 26.1 Å². The molecule has 2 aliphatic rings. The van der Waals surface area contributed by atoms with Gasteiger partial charge >= 0.3 is 5.97 Å². The van der Waals surface area contributed by atoms with Gasteiger partial charge in [-0.1, -0.05) is 0 Å². The molecule has 2 aliphatic heterocycles. The van der Waals surface area contributed by atoms with Crippen LogP contribution in [0.3, 0.4) is 0 Å². The van der Waals surface area contributed by atoms with Gasteiger partial charge in [-0.15, -0.1) is 0 Å². The molecule has 0 aromatic heterocycles. The van der Waals surface area contributed by atoms with Crippen LogP contribution in [0.5, 0.6) is 0 Å². The van der Waals surface area contributed by atoms with Crippen molar-refractivity contribution in [3.8, 4) is 0 Å². The van der Waals surface area contributed by atoms with Gasteiger partial charge < -0.3 is 9.84 Å². The number of nitrogens with zero attached hydrogens (tertiary/aromatic N) is 2. The highest BCUT2D eigenvalue weighted by atomic mass is 16.5. The monoisotopic (exact) mass is 242 g/mol. The van der Waals surface area contributed by atoms with E-state index in [-0.39, 0.29) is 0 Å². The summed E-state index contributed by atoms with van der Waals surface area (Å²) in [4.78, 5) is 15.7. The van der Waals surface area contributed by atoms with Crippen LogP contribution in [-0.4, -0.2) is 71.8 Å². The summed E-state index contributed by atoms with van der Waals surface area (Å²) >= 11 is 0. The molecule has 5 nitrogen and oxygen atoms in total. The topological polar surface area (TPSA) is 53.0 Å². The lowest BCUT2D eigenvalue weighted by Crippen LogP contribution is -2.55. The van der Waals surface area contributed by atoms with Crippen molar-refractivity contribution >= 4 is 5.97 Å². The Labute approximate surface area is 102 Å². The molecule has 0 spiro atoms. The number of carbonyl (C=O) groups is 1. The summed E-state index contributed by atoms with van der Waals surface area (Å²) < 4.78 is 5.27. The summed E-state index contributed by atoms with van der Waals surface area (Å²) in [7, 11) is 0. The lowest BCUT2D eigenvalue weighted by Gasteiger charge is -2.37. The fourth-order valence-corrected chi connectivity index (χ4v) is 2.77. The summed E-state index contributed by atoms with van der Waals surface area (Å²) in [6.07, 6.45) is 1.07. The number of likely N-dealkylation sites (tertiary alicyclic amines) is 1. The largest absolute Gasteiger partial charge is 0.480 e. The van der Waals surface area contributed by atoms with E-state index >= 15 is 0 Å². The van der Waals surface area contributed by atoms with Gasteiger partial charge in [0.2, 0.25) is 0 Å². The van der Waals surface area contributed by atoms with Crippen molar-refractivity contribution in [2.45, 2.75) is 38.4 Å². The highest BCUT2D eigenvalue weighted by molar-refractivity contribution is 5.73. The second-order valence-electron chi connectivity index (χ2n) is 5.20. The van der Waals surface area contributed by atoms with Crippen molar-refractivity contribution in [1.29, 1.82) is 0 Å². The molecule has 98 valence electrons. The van der Waals surface area contributed by atoms with Crippen LogP contribution in [0.25, 0.3) is 0 Å². The first-order chi connectivity index (χ1) is 8.09. The zero-order valence-corrected chi connectivity index (χ0v) is 10.6. The van der Waals surface area contributed by atoms with Crippen LogP contribution in [0, 0.1) is 0 Å². The van der Waals surface area contributed by atoms with Crippen LogP contribution in [0.4, 0.5) is 0 Å². The molecule has 2 saturated heterocycles. The van der Waals surface area contributed by atoms with E-state index in [9.17, 15) is 9.90 Å². The lowest BCUT2D eigenvalue weighted by molar-refractivity contribution is -0.151. The summed E-state index contributed by atoms with van der Waals surface area (Å²) in [6.45, 7) is 8.17. The minimum absolute atomic E-state index is 0.327. The van der Waals surface area contributed by atoms with E-state index in [4.69, 9.17) is 4.74 Å². The number of ether oxygens (including phenoxy) is 1. The van der Waals surface area contributed by atoms with Crippen LogP contribution < -0.4 is 0 Å². The molecule has 0 aromatic carbocycles. The average Bonchev–Trinajstić information content (AvgIpc) is 2.78. The highest BCUT2D eigenvalue weighted by Crippen LogP contribution is 2.21. The van der Waals surface area contributed by atoms with Gasteiger partial charge in [-0.25, -0.2) is 0 Å². The molecule has 5 heteroatoms. The standard InChI is InChI=1S/C12H22N2O3/c1-9(2)13-4-3-10(7-13)14-5-6-17-8-11(14)12(15)16/h9-11H,3-8H2,1-2H3,(H,15,16). The first kappa shape index (κ1) is 12.8. The number of aliphatic carboxylic acids is 1. The van der Waals surface area contributed by atoms with Gasteiger partial charge in [0.1, 0.15) is 6.04 Å². The fourth-order valence-electron chi connectivity index (χ4n) is 2.77. The van der Waals surface area contributed by atoms with Crippen LogP contribution in [-0.2, 0) is 9.53 Å². The zero-order valence-electron chi connectivity index (χ0n) is 10.6. The van der Waals surface area contributed by atoms with Gasteiger partial charge in [-0.05, 0) is 20.3 Å². The summed E-state index contributed by atoms with van der Waals surface area (Å²) in [5.74, 6) is -0.757. The Balaban J connectivity index is 1.98. The molecule has 1 N–H and O–H groups in total. The Kier molecular flexibility index (Phi) is 4.01. The van der Waals surface area contributed by atoms with Gasteiger partial charge in [0.15, 0.2) is 0 Å². The van der Waals surface area contributed by atoms with Crippen LogP contribution in [0.1, 0.15) is 20.3 Å². The number of carboxylic acids is 1. The molecule has 2 unspecified atom stereocenters. The van der Waals surface area contributed by atoms with Crippen molar-refractivity contribution in [2.75, 3.05) is 32.8 Å². The van der Waals surface area contributed by atoms with Gasteiger partial charge in [0, 0.05) is 31.7 Å². The summed E-state index contributed by atoms with van der Waals surface area (Å²) in [5.41, 5.74) is 0. The third-order valence-electron chi connectivity index (χ3n) is 3.85. The van der Waals surface area contributed by atoms with E-state index in [1.54, 1.807) is 0 Å². The average molecular weight is 242 g/mol. The normalized spacial score (nSPS) is 32.2. The maximum absolute atomic E-state index is 11.2. The minimum Gasteiger partial charge on any atom is -0.480 e. The van der Waals surface area contributed by atoms with Gasteiger partial charge in [-0.3, -0.25) is 14.6 Å². The predicted octanol–water partition coefficient (Wildman–Crippen LogP) is 0.255. The van der Waals surface area contributed by atoms with E-state index in [1.165, 1.54) is 0 Å². The first-order valence-electron chi connectivity index (χ1n) is 6.40. The molecule has 2 heterocycles. The molecule has 0 radical (unpaired) electrons.